The van der Waals surface area contributed by atoms with E-state index in [-0.39, 0.29) is 11.9 Å². The van der Waals surface area contributed by atoms with Crippen LogP contribution in [-0.4, -0.2) is 18.6 Å². The molecule has 1 aromatic carbocycles. The van der Waals surface area contributed by atoms with Gasteiger partial charge in [-0.15, -0.1) is 0 Å². The maximum Gasteiger partial charge on any atom is 0.142 e. The van der Waals surface area contributed by atoms with E-state index < -0.39 is 0 Å². The first kappa shape index (κ1) is 14.4. The summed E-state index contributed by atoms with van der Waals surface area (Å²) in [4.78, 5) is 0. The van der Waals surface area contributed by atoms with Gasteiger partial charge in [-0.3, -0.25) is 0 Å². The number of nitrogens with one attached hydrogen (secondary N) is 1. The fourth-order valence-electron chi connectivity index (χ4n) is 2.51. The third-order valence-electron chi connectivity index (χ3n) is 3.62. The van der Waals surface area contributed by atoms with Crippen molar-refractivity contribution in [2.45, 2.75) is 25.3 Å². The Labute approximate surface area is 121 Å². The predicted octanol–water partition coefficient (Wildman–Crippen LogP) is 4.38. The van der Waals surface area contributed by atoms with E-state index in [1.54, 1.807) is 6.07 Å². The summed E-state index contributed by atoms with van der Waals surface area (Å²) in [5.74, 6) is 3.11. The lowest BCUT2D eigenvalue weighted by atomic mass is 9.90. The molecule has 1 fully saturated rings. The van der Waals surface area contributed by atoms with Crippen LogP contribution in [0, 0.1) is 11.7 Å². The van der Waals surface area contributed by atoms with E-state index in [1.165, 1.54) is 24.3 Å². The number of hydrogen-bond acceptors (Lipinski definition) is 2. The zero-order valence-electron chi connectivity index (χ0n) is 10.6. The maximum atomic E-state index is 14.1. The molecule has 0 aliphatic carbocycles. The molecular formula is C14H19BrFNS. The van der Waals surface area contributed by atoms with Crippen LogP contribution in [0.15, 0.2) is 22.7 Å². The molecule has 1 aliphatic rings. The van der Waals surface area contributed by atoms with Crippen molar-refractivity contribution in [3.63, 3.8) is 0 Å². The van der Waals surface area contributed by atoms with Crippen molar-refractivity contribution >= 4 is 27.7 Å². The van der Waals surface area contributed by atoms with Crippen molar-refractivity contribution in [1.82, 2.24) is 5.32 Å². The van der Waals surface area contributed by atoms with Gasteiger partial charge in [-0.1, -0.05) is 12.1 Å². The summed E-state index contributed by atoms with van der Waals surface area (Å²) in [6, 6.07) is 5.67. The first-order valence-corrected chi connectivity index (χ1v) is 8.36. The number of halogens is 2. The molecular weight excluding hydrogens is 313 g/mol. The summed E-state index contributed by atoms with van der Waals surface area (Å²) in [5, 5.41) is 3.27. The summed E-state index contributed by atoms with van der Waals surface area (Å²) in [6.45, 7) is 0. The molecule has 1 N–H and O–H groups in total. The van der Waals surface area contributed by atoms with Gasteiger partial charge >= 0.3 is 0 Å². The van der Waals surface area contributed by atoms with Crippen molar-refractivity contribution in [2.75, 3.05) is 18.6 Å². The Kier molecular flexibility index (Phi) is 5.52. The zero-order valence-corrected chi connectivity index (χ0v) is 13.0. The van der Waals surface area contributed by atoms with Gasteiger partial charge in [-0.25, -0.2) is 4.39 Å². The molecule has 1 unspecified atom stereocenters. The normalized spacial score (nSPS) is 18.8. The first-order valence-electron chi connectivity index (χ1n) is 6.41. The topological polar surface area (TPSA) is 12.0 Å². The van der Waals surface area contributed by atoms with Crippen LogP contribution >= 0.6 is 27.7 Å². The van der Waals surface area contributed by atoms with E-state index in [0.717, 1.165) is 17.9 Å². The molecule has 1 aromatic rings. The van der Waals surface area contributed by atoms with Crippen molar-refractivity contribution in [3.8, 4) is 0 Å². The SMILES string of the molecule is CNC(CC1CCSCC1)c1cccc(Br)c1F. The Bertz CT molecular complexity index is 393. The standard InChI is InChI=1S/C14H19BrFNS/c1-17-13(9-10-5-7-18-8-6-10)11-3-2-4-12(15)14(11)16/h2-4,10,13,17H,5-9H2,1H3. The van der Waals surface area contributed by atoms with E-state index >= 15 is 0 Å². The molecule has 2 rings (SSSR count). The second-order valence-electron chi connectivity index (χ2n) is 4.78. The van der Waals surface area contributed by atoms with Crippen LogP contribution < -0.4 is 5.32 Å². The van der Waals surface area contributed by atoms with Gasteiger partial charge in [0.25, 0.3) is 0 Å². The van der Waals surface area contributed by atoms with E-state index in [1.807, 2.05) is 30.9 Å². The minimum Gasteiger partial charge on any atom is -0.313 e. The monoisotopic (exact) mass is 331 g/mol. The van der Waals surface area contributed by atoms with Crippen molar-refractivity contribution in [3.05, 3.63) is 34.1 Å². The predicted molar refractivity (Wildman–Crippen MR) is 80.6 cm³/mol. The summed E-state index contributed by atoms with van der Waals surface area (Å²) in [7, 11) is 1.92. The summed E-state index contributed by atoms with van der Waals surface area (Å²) in [5.41, 5.74) is 0.783. The van der Waals surface area contributed by atoms with Gasteiger partial charge in [0.05, 0.1) is 4.47 Å². The highest BCUT2D eigenvalue weighted by Crippen LogP contribution is 2.33. The molecule has 0 spiro atoms. The molecule has 1 aliphatic heterocycles. The quantitative estimate of drug-likeness (QED) is 0.878. The average Bonchev–Trinajstić information content (AvgIpc) is 2.41. The van der Waals surface area contributed by atoms with E-state index in [4.69, 9.17) is 0 Å². The molecule has 1 heterocycles. The first-order chi connectivity index (χ1) is 8.72. The van der Waals surface area contributed by atoms with Crippen molar-refractivity contribution in [2.24, 2.45) is 5.92 Å². The lowest BCUT2D eigenvalue weighted by Gasteiger charge is -2.26. The van der Waals surface area contributed by atoms with Gasteiger partial charge in [0.15, 0.2) is 0 Å². The highest BCUT2D eigenvalue weighted by molar-refractivity contribution is 9.10. The maximum absolute atomic E-state index is 14.1. The molecule has 0 bridgehead atoms. The number of benzene rings is 1. The Morgan fingerprint density at radius 2 is 2.17 bits per heavy atom. The van der Waals surface area contributed by atoms with Crippen LogP contribution in [0.1, 0.15) is 30.9 Å². The number of thioether (sulfide) groups is 1. The Morgan fingerprint density at radius 3 is 2.83 bits per heavy atom. The third-order valence-corrected chi connectivity index (χ3v) is 5.28. The van der Waals surface area contributed by atoms with Gasteiger partial charge in [0.2, 0.25) is 0 Å². The minimum atomic E-state index is -0.123. The highest BCUT2D eigenvalue weighted by atomic mass is 79.9. The van der Waals surface area contributed by atoms with Crippen LogP contribution in [0.4, 0.5) is 4.39 Å². The van der Waals surface area contributed by atoms with E-state index in [9.17, 15) is 4.39 Å². The molecule has 1 atom stereocenters. The van der Waals surface area contributed by atoms with Gasteiger partial charge in [-0.05, 0) is 65.7 Å². The van der Waals surface area contributed by atoms with E-state index in [2.05, 4.69) is 21.2 Å². The summed E-state index contributed by atoms with van der Waals surface area (Å²) < 4.78 is 14.7. The highest BCUT2D eigenvalue weighted by Gasteiger charge is 2.22. The molecule has 0 aromatic heterocycles. The molecule has 0 amide bonds. The van der Waals surface area contributed by atoms with Gasteiger partial charge in [0.1, 0.15) is 5.82 Å². The second kappa shape index (κ2) is 6.92. The molecule has 18 heavy (non-hydrogen) atoms. The smallest absolute Gasteiger partial charge is 0.142 e. The lowest BCUT2D eigenvalue weighted by molar-refractivity contribution is 0.376. The zero-order chi connectivity index (χ0) is 13.0. The Morgan fingerprint density at radius 1 is 1.44 bits per heavy atom. The summed E-state index contributed by atoms with van der Waals surface area (Å²) in [6.07, 6.45) is 3.56. The van der Waals surface area contributed by atoms with Crippen LogP contribution in [-0.2, 0) is 0 Å². The number of rotatable bonds is 4. The van der Waals surface area contributed by atoms with Crippen molar-refractivity contribution in [1.29, 1.82) is 0 Å². The molecule has 100 valence electrons. The Hall–Kier alpha value is -0.0600. The average molecular weight is 332 g/mol. The second-order valence-corrected chi connectivity index (χ2v) is 6.85. The number of hydrogen-bond donors (Lipinski definition) is 1. The fraction of sp³-hybridized carbons (Fsp3) is 0.571. The molecule has 0 saturated carbocycles. The van der Waals surface area contributed by atoms with Crippen LogP contribution in [0.5, 0.6) is 0 Å². The molecule has 1 saturated heterocycles. The molecule has 0 radical (unpaired) electrons. The van der Waals surface area contributed by atoms with Gasteiger partial charge in [-0.2, -0.15) is 11.8 Å². The fourth-order valence-corrected chi connectivity index (χ4v) is 4.09. The minimum absolute atomic E-state index is 0.121. The van der Waals surface area contributed by atoms with Crippen LogP contribution in [0.25, 0.3) is 0 Å². The van der Waals surface area contributed by atoms with Crippen molar-refractivity contribution < 1.29 is 4.39 Å². The van der Waals surface area contributed by atoms with E-state index in [0.29, 0.717) is 4.47 Å². The molecule has 1 nitrogen and oxygen atoms in total. The molecule has 4 heteroatoms. The Balaban J connectivity index is 2.09. The van der Waals surface area contributed by atoms with Gasteiger partial charge < -0.3 is 5.32 Å². The van der Waals surface area contributed by atoms with Crippen LogP contribution in [0.3, 0.4) is 0 Å². The van der Waals surface area contributed by atoms with Crippen LogP contribution in [0.2, 0.25) is 0 Å². The lowest BCUT2D eigenvalue weighted by Crippen LogP contribution is -2.23. The summed E-state index contributed by atoms with van der Waals surface area (Å²) >= 11 is 5.30. The third kappa shape index (κ3) is 3.49. The van der Waals surface area contributed by atoms with Gasteiger partial charge in [0, 0.05) is 11.6 Å². The largest absolute Gasteiger partial charge is 0.313 e.